The number of nitrogens with two attached hydrogens (primary N) is 1. The van der Waals surface area contributed by atoms with Gasteiger partial charge in [0, 0.05) is 23.4 Å². The summed E-state index contributed by atoms with van der Waals surface area (Å²) in [6.07, 6.45) is 1.17. The lowest BCUT2D eigenvalue weighted by atomic mass is 10.0. The van der Waals surface area contributed by atoms with Gasteiger partial charge in [-0.1, -0.05) is 6.07 Å². The molecule has 0 unspecified atom stereocenters. The van der Waals surface area contributed by atoms with Gasteiger partial charge >= 0.3 is 0 Å². The van der Waals surface area contributed by atoms with Gasteiger partial charge in [0.15, 0.2) is 4.73 Å². The number of imidazole rings is 1. The van der Waals surface area contributed by atoms with Crippen molar-refractivity contribution in [3.05, 3.63) is 34.2 Å². The molecule has 0 radical (unpaired) electrons. The van der Waals surface area contributed by atoms with E-state index in [1.54, 1.807) is 0 Å². The smallest absolute Gasteiger partial charge is 0.228 e. The first-order valence-corrected chi connectivity index (χ1v) is 6.84. The van der Waals surface area contributed by atoms with Crippen LogP contribution in [0.4, 0.5) is 5.69 Å². The maximum Gasteiger partial charge on any atom is 0.228 e. The van der Waals surface area contributed by atoms with Crippen molar-refractivity contribution in [2.75, 3.05) is 11.9 Å². The van der Waals surface area contributed by atoms with E-state index in [0.29, 0.717) is 17.7 Å². The number of carbonyl (C=O) groups is 1. The number of hydrogen-bond donors (Lipinski definition) is 3. The molecular weight excluding hydrogens is 308 g/mol. The number of halogens is 1. The molecule has 98 valence electrons. The van der Waals surface area contributed by atoms with Crippen LogP contribution in [0, 0.1) is 0 Å². The number of H-pyrrole nitrogens is 1. The number of aromatic nitrogens is 2. The largest absolute Gasteiger partial charge is 0.336 e. The Bertz CT molecular complexity index is 650. The third-order valence-electron chi connectivity index (χ3n) is 3.15. The van der Waals surface area contributed by atoms with Gasteiger partial charge in [0.1, 0.15) is 0 Å². The highest BCUT2D eigenvalue weighted by atomic mass is 79.9. The van der Waals surface area contributed by atoms with Gasteiger partial charge in [-0.2, -0.15) is 0 Å². The number of anilines is 1. The molecule has 0 atom stereocenters. The van der Waals surface area contributed by atoms with Crippen LogP contribution in [-0.2, 0) is 17.6 Å². The summed E-state index contributed by atoms with van der Waals surface area (Å²) in [4.78, 5) is 19.0. The molecule has 1 amide bonds. The minimum Gasteiger partial charge on any atom is -0.336 e. The molecule has 1 aromatic heterocycles. The highest BCUT2D eigenvalue weighted by molar-refractivity contribution is 9.10. The molecule has 2 heterocycles. The van der Waals surface area contributed by atoms with Crippen molar-refractivity contribution < 1.29 is 4.79 Å². The molecule has 0 bridgehead atoms. The Morgan fingerprint density at radius 3 is 3.05 bits per heavy atom. The Hall–Kier alpha value is -1.66. The topological polar surface area (TPSA) is 83.8 Å². The molecular formula is C13H13BrN4O. The van der Waals surface area contributed by atoms with Gasteiger partial charge in [-0.25, -0.2) is 4.98 Å². The van der Waals surface area contributed by atoms with E-state index in [9.17, 15) is 4.79 Å². The summed E-state index contributed by atoms with van der Waals surface area (Å²) in [5.74, 6) is 0.0394. The van der Waals surface area contributed by atoms with E-state index in [0.717, 1.165) is 34.6 Å². The normalized spacial score (nSPS) is 13.5. The van der Waals surface area contributed by atoms with Crippen molar-refractivity contribution in [2.24, 2.45) is 5.73 Å². The Morgan fingerprint density at radius 2 is 2.26 bits per heavy atom. The molecule has 0 saturated carbocycles. The first kappa shape index (κ1) is 12.4. The molecule has 0 aliphatic carbocycles. The number of nitrogens with one attached hydrogen (secondary N) is 2. The fourth-order valence-electron chi connectivity index (χ4n) is 2.32. The number of aromatic amines is 1. The van der Waals surface area contributed by atoms with E-state index in [-0.39, 0.29) is 5.91 Å². The zero-order valence-electron chi connectivity index (χ0n) is 10.2. The fraction of sp³-hybridized carbons (Fsp3) is 0.231. The Kier molecular flexibility index (Phi) is 3.12. The van der Waals surface area contributed by atoms with Crippen molar-refractivity contribution in [3.8, 4) is 11.3 Å². The van der Waals surface area contributed by atoms with Gasteiger partial charge in [0.25, 0.3) is 0 Å². The SMILES string of the molecule is NCCc1[nH]c(Br)nc1-c1ccc2c(c1)CC(=O)N2. The van der Waals surface area contributed by atoms with Crippen LogP contribution in [-0.4, -0.2) is 22.4 Å². The molecule has 1 aliphatic heterocycles. The van der Waals surface area contributed by atoms with Gasteiger partial charge in [-0.05, 0) is 40.2 Å². The van der Waals surface area contributed by atoms with Crippen LogP contribution in [0.1, 0.15) is 11.3 Å². The molecule has 1 aliphatic rings. The number of benzene rings is 1. The van der Waals surface area contributed by atoms with Crippen LogP contribution in [0.5, 0.6) is 0 Å². The highest BCUT2D eigenvalue weighted by Crippen LogP contribution is 2.30. The molecule has 0 fully saturated rings. The predicted molar refractivity (Wildman–Crippen MR) is 76.8 cm³/mol. The van der Waals surface area contributed by atoms with E-state index >= 15 is 0 Å². The maximum absolute atomic E-state index is 11.4. The van der Waals surface area contributed by atoms with Crippen LogP contribution >= 0.6 is 15.9 Å². The summed E-state index contributed by atoms with van der Waals surface area (Å²) in [6.45, 7) is 0.562. The van der Waals surface area contributed by atoms with Crippen molar-refractivity contribution in [1.29, 1.82) is 0 Å². The third-order valence-corrected chi connectivity index (χ3v) is 3.52. The average molecular weight is 321 g/mol. The number of hydrogen-bond acceptors (Lipinski definition) is 3. The summed E-state index contributed by atoms with van der Waals surface area (Å²) in [5.41, 5.74) is 10.4. The lowest BCUT2D eigenvalue weighted by Crippen LogP contribution is -2.04. The second kappa shape index (κ2) is 4.79. The van der Waals surface area contributed by atoms with Crippen LogP contribution in [0.3, 0.4) is 0 Å². The minimum absolute atomic E-state index is 0.0394. The van der Waals surface area contributed by atoms with Crippen molar-refractivity contribution in [3.63, 3.8) is 0 Å². The first-order chi connectivity index (χ1) is 9.17. The summed E-state index contributed by atoms with van der Waals surface area (Å²) in [7, 11) is 0. The standard InChI is InChI=1S/C13H13BrN4O/c14-13-17-10(3-4-15)12(18-13)7-1-2-9-8(5-7)6-11(19)16-9/h1-2,5H,3-4,6,15H2,(H,16,19)(H,17,18). The molecule has 4 N–H and O–H groups in total. The molecule has 0 spiro atoms. The Labute approximate surface area is 118 Å². The molecule has 0 saturated heterocycles. The van der Waals surface area contributed by atoms with Gasteiger partial charge in [0.2, 0.25) is 5.91 Å². The van der Waals surface area contributed by atoms with Gasteiger partial charge < -0.3 is 16.0 Å². The fourth-order valence-corrected chi connectivity index (χ4v) is 2.73. The zero-order chi connectivity index (χ0) is 13.4. The molecule has 19 heavy (non-hydrogen) atoms. The monoisotopic (exact) mass is 320 g/mol. The van der Waals surface area contributed by atoms with E-state index in [1.807, 2.05) is 18.2 Å². The number of carbonyl (C=O) groups excluding carboxylic acids is 1. The van der Waals surface area contributed by atoms with Crippen LogP contribution in [0.2, 0.25) is 0 Å². The molecule has 3 rings (SSSR count). The molecule has 6 heteroatoms. The highest BCUT2D eigenvalue weighted by Gasteiger charge is 2.19. The molecule has 2 aromatic rings. The summed E-state index contributed by atoms with van der Waals surface area (Å²) < 4.78 is 0.695. The minimum atomic E-state index is 0.0394. The van der Waals surface area contributed by atoms with E-state index in [4.69, 9.17) is 5.73 Å². The lowest BCUT2D eigenvalue weighted by Gasteiger charge is -2.04. The lowest BCUT2D eigenvalue weighted by molar-refractivity contribution is -0.115. The Morgan fingerprint density at radius 1 is 1.42 bits per heavy atom. The number of nitrogens with zero attached hydrogens (tertiary/aromatic N) is 1. The number of amides is 1. The van der Waals surface area contributed by atoms with E-state index in [2.05, 4.69) is 31.2 Å². The summed E-state index contributed by atoms with van der Waals surface area (Å²) >= 11 is 3.35. The van der Waals surface area contributed by atoms with Gasteiger partial charge in [0.05, 0.1) is 12.1 Å². The number of rotatable bonds is 3. The average Bonchev–Trinajstić information content (AvgIpc) is 2.90. The van der Waals surface area contributed by atoms with Crippen molar-refractivity contribution >= 4 is 27.5 Å². The second-order valence-electron chi connectivity index (χ2n) is 4.49. The number of fused-ring (bicyclic) bond motifs is 1. The van der Waals surface area contributed by atoms with Crippen LogP contribution in [0.15, 0.2) is 22.9 Å². The van der Waals surface area contributed by atoms with Gasteiger partial charge in [-0.3, -0.25) is 4.79 Å². The van der Waals surface area contributed by atoms with Crippen LogP contribution in [0.25, 0.3) is 11.3 Å². The van der Waals surface area contributed by atoms with Gasteiger partial charge in [-0.15, -0.1) is 0 Å². The molecule has 1 aromatic carbocycles. The summed E-state index contributed by atoms with van der Waals surface area (Å²) in [5, 5.41) is 2.82. The van der Waals surface area contributed by atoms with E-state index < -0.39 is 0 Å². The van der Waals surface area contributed by atoms with Crippen LogP contribution < -0.4 is 11.1 Å². The Balaban J connectivity index is 2.03. The third kappa shape index (κ3) is 2.29. The zero-order valence-corrected chi connectivity index (χ0v) is 11.8. The second-order valence-corrected chi connectivity index (χ2v) is 5.24. The van der Waals surface area contributed by atoms with E-state index in [1.165, 1.54) is 0 Å². The predicted octanol–water partition coefficient (Wildman–Crippen LogP) is 1.83. The maximum atomic E-state index is 11.4. The summed E-state index contributed by atoms with van der Waals surface area (Å²) in [6, 6.07) is 5.90. The van der Waals surface area contributed by atoms with Crippen molar-refractivity contribution in [2.45, 2.75) is 12.8 Å². The quantitative estimate of drug-likeness (QED) is 0.806. The first-order valence-electron chi connectivity index (χ1n) is 6.05. The van der Waals surface area contributed by atoms with Crippen molar-refractivity contribution in [1.82, 2.24) is 9.97 Å². The molecule has 5 nitrogen and oxygen atoms in total.